The highest BCUT2D eigenvalue weighted by Gasteiger charge is 2.11. The second kappa shape index (κ2) is 8.37. The Morgan fingerprint density at radius 3 is 2.58 bits per heavy atom. The van der Waals surface area contributed by atoms with E-state index in [-0.39, 0.29) is 23.1 Å². The number of fused-ring (bicyclic) bond motifs is 1. The van der Waals surface area contributed by atoms with E-state index in [1.54, 1.807) is 36.7 Å². The number of nitrogens with zero attached hydrogens (tertiary/aromatic N) is 1. The third-order valence-electron chi connectivity index (χ3n) is 3.12. The molecule has 0 fully saturated rings. The normalized spacial score (nSPS) is 11.5. The van der Waals surface area contributed by atoms with Crippen LogP contribution in [-0.4, -0.2) is 19.7 Å². The van der Waals surface area contributed by atoms with Gasteiger partial charge < -0.3 is 14.3 Å². The minimum atomic E-state index is -2.25. The molecule has 1 aromatic carbocycles. The number of aromatic nitrogens is 1. The molecule has 6 nitrogen and oxygen atoms in total. The van der Waals surface area contributed by atoms with E-state index in [2.05, 4.69) is 10.3 Å². The number of benzene rings is 1. The van der Waals surface area contributed by atoms with Crippen molar-refractivity contribution >= 4 is 28.0 Å². The lowest BCUT2D eigenvalue weighted by Gasteiger charge is -2.07. The quantitative estimate of drug-likeness (QED) is 0.733. The molecule has 0 saturated carbocycles. The van der Waals surface area contributed by atoms with Crippen molar-refractivity contribution < 1.29 is 18.0 Å². The van der Waals surface area contributed by atoms with Crippen LogP contribution in [0.3, 0.4) is 0 Å². The molecule has 0 aliphatic rings. The molecule has 126 valence electrons. The van der Waals surface area contributed by atoms with Crippen LogP contribution in [0.4, 0.5) is 0 Å². The first-order valence-electron chi connectivity index (χ1n) is 7.43. The highest BCUT2D eigenvalue weighted by Crippen LogP contribution is 2.17. The number of carbonyl (C=O) groups is 1. The summed E-state index contributed by atoms with van der Waals surface area (Å²) in [5.74, 6) is -0.132. The van der Waals surface area contributed by atoms with Crippen molar-refractivity contribution in [1.29, 1.82) is 0 Å². The zero-order valence-corrected chi connectivity index (χ0v) is 14.1. The van der Waals surface area contributed by atoms with Gasteiger partial charge in [0.2, 0.25) is 0 Å². The fourth-order valence-corrected chi connectivity index (χ4v) is 2.34. The Morgan fingerprint density at radius 2 is 1.96 bits per heavy atom. The summed E-state index contributed by atoms with van der Waals surface area (Å²) < 4.78 is 26.9. The van der Waals surface area contributed by atoms with Crippen molar-refractivity contribution in [3.8, 4) is 0 Å². The van der Waals surface area contributed by atoms with Crippen LogP contribution in [0.1, 0.15) is 30.0 Å². The maximum Gasteiger partial charge on any atom is 0.287 e. The van der Waals surface area contributed by atoms with Crippen LogP contribution in [0.5, 0.6) is 0 Å². The minimum absolute atomic E-state index is 0.208. The third-order valence-corrected chi connectivity index (χ3v) is 3.77. The molecule has 0 spiro atoms. The predicted molar refractivity (Wildman–Crippen MR) is 90.2 cm³/mol. The van der Waals surface area contributed by atoms with Crippen LogP contribution in [0.15, 0.2) is 58.1 Å². The Hall–Kier alpha value is -2.51. The lowest BCUT2D eigenvalue weighted by atomic mass is 10.2. The minimum Gasteiger partial charge on any atom is -0.768 e. The Morgan fingerprint density at radius 1 is 1.25 bits per heavy atom. The van der Waals surface area contributed by atoms with E-state index in [9.17, 15) is 13.6 Å². The third kappa shape index (κ3) is 4.27. The van der Waals surface area contributed by atoms with Gasteiger partial charge in [-0.25, -0.2) is 0 Å². The molecule has 3 rings (SSSR count). The molecule has 0 aliphatic heterocycles. The molecule has 0 bridgehead atoms. The first-order chi connectivity index (χ1) is 11.6. The van der Waals surface area contributed by atoms with Gasteiger partial charge in [-0.2, -0.15) is 0 Å². The van der Waals surface area contributed by atoms with Crippen molar-refractivity contribution in [2.45, 2.75) is 25.3 Å². The SMILES string of the molecule is CC.O=C(NCc1ccc(S(=O)[O-])cc1)c1cc2ccncc2o1. The molecule has 1 unspecified atom stereocenters. The molecule has 7 heteroatoms. The van der Waals surface area contributed by atoms with E-state index in [4.69, 9.17) is 4.42 Å². The van der Waals surface area contributed by atoms with Crippen LogP contribution in [0.2, 0.25) is 0 Å². The van der Waals surface area contributed by atoms with E-state index in [1.807, 2.05) is 13.8 Å². The van der Waals surface area contributed by atoms with Crippen molar-refractivity contribution in [2.75, 3.05) is 0 Å². The van der Waals surface area contributed by atoms with Crippen LogP contribution in [0.25, 0.3) is 11.0 Å². The Labute approximate surface area is 142 Å². The second-order valence-corrected chi connectivity index (χ2v) is 5.53. The van der Waals surface area contributed by atoms with Gasteiger partial charge >= 0.3 is 0 Å². The Bertz CT molecular complexity index is 810. The van der Waals surface area contributed by atoms with Crippen molar-refractivity contribution in [3.05, 3.63) is 60.1 Å². The molecule has 0 aliphatic carbocycles. The van der Waals surface area contributed by atoms with Crippen LogP contribution < -0.4 is 5.32 Å². The summed E-state index contributed by atoms with van der Waals surface area (Å²) >= 11 is -2.25. The number of carbonyl (C=O) groups excluding carboxylic acids is 1. The summed E-state index contributed by atoms with van der Waals surface area (Å²) in [6.07, 6.45) is 3.18. The molecule has 1 amide bonds. The molecule has 24 heavy (non-hydrogen) atoms. The molecule has 0 radical (unpaired) electrons. The number of pyridine rings is 1. The van der Waals surface area contributed by atoms with E-state index < -0.39 is 11.1 Å². The molecule has 2 heterocycles. The van der Waals surface area contributed by atoms with E-state index >= 15 is 0 Å². The van der Waals surface area contributed by atoms with Crippen LogP contribution in [-0.2, 0) is 17.6 Å². The summed E-state index contributed by atoms with van der Waals surface area (Å²) in [5.41, 5.74) is 1.34. The number of nitrogens with one attached hydrogen (secondary N) is 1. The average molecular weight is 345 g/mol. The maximum atomic E-state index is 12.0. The van der Waals surface area contributed by atoms with Gasteiger partial charge in [0.15, 0.2) is 11.3 Å². The van der Waals surface area contributed by atoms with Crippen molar-refractivity contribution in [3.63, 3.8) is 0 Å². The zero-order valence-electron chi connectivity index (χ0n) is 13.3. The second-order valence-electron chi connectivity index (χ2n) is 4.59. The monoisotopic (exact) mass is 345 g/mol. The van der Waals surface area contributed by atoms with Crippen LogP contribution >= 0.6 is 0 Å². The van der Waals surface area contributed by atoms with E-state index in [0.717, 1.165) is 10.9 Å². The molecular formula is C17H17N2O4S-. The van der Waals surface area contributed by atoms with Crippen molar-refractivity contribution in [2.24, 2.45) is 0 Å². The number of rotatable bonds is 4. The summed E-state index contributed by atoms with van der Waals surface area (Å²) in [6, 6.07) is 9.67. The van der Waals surface area contributed by atoms with Gasteiger partial charge in [0.05, 0.1) is 6.20 Å². The van der Waals surface area contributed by atoms with E-state index in [1.165, 1.54) is 12.1 Å². The molecule has 3 aromatic rings. The standard InChI is InChI=1S/C15H12N2O4S.C2H6/c18-15(13-7-11-5-6-16-9-14(11)21-13)17-8-10-1-3-12(4-2-10)22(19)20;1-2/h1-7,9H,8H2,(H,17,18)(H,19,20);1-2H3/p-1. The summed E-state index contributed by atoms with van der Waals surface area (Å²) in [6.45, 7) is 4.28. The topological polar surface area (TPSA) is 95.3 Å². The summed E-state index contributed by atoms with van der Waals surface area (Å²) in [7, 11) is 0. The van der Waals surface area contributed by atoms with Gasteiger partial charge in [0.1, 0.15) is 0 Å². The molecule has 1 atom stereocenters. The first kappa shape index (κ1) is 17.8. The van der Waals surface area contributed by atoms with Gasteiger partial charge in [-0.1, -0.05) is 26.0 Å². The number of hydrogen-bond donors (Lipinski definition) is 1. The Kier molecular flexibility index (Phi) is 6.22. The van der Waals surface area contributed by atoms with Crippen molar-refractivity contribution in [1.82, 2.24) is 10.3 Å². The number of furan rings is 1. The maximum absolute atomic E-state index is 12.0. The fourth-order valence-electron chi connectivity index (χ4n) is 1.98. The average Bonchev–Trinajstić information content (AvgIpc) is 3.06. The summed E-state index contributed by atoms with van der Waals surface area (Å²) in [4.78, 5) is 16.2. The highest BCUT2D eigenvalue weighted by atomic mass is 32.2. The van der Waals surface area contributed by atoms with Gasteiger partial charge in [0, 0.05) is 23.0 Å². The Balaban J connectivity index is 0.00000100. The van der Waals surface area contributed by atoms with Gasteiger partial charge in [0.25, 0.3) is 5.91 Å². The molecule has 2 aromatic heterocycles. The summed E-state index contributed by atoms with van der Waals surface area (Å²) in [5, 5.41) is 3.53. The fraction of sp³-hybridized carbons (Fsp3) is 0.176. The zero-order chi connectivity index (χ0) is 17.5. The highest BCUT2D eigenvalue weighted by molar-refractivity contribution is 7.79. The van der Waals surface area contributed by atoms with Crippen LogP contribution in [0, 0.1) is 0 Å². The van der Waals surface area contributed by atoms with Gasteiger partial charge in [-0.05, 0) is 40.9 Å². The number of amides is 1. The predicted octanol–water partition coefficient (Wildman–Crippen LogP) is 3.02. The smallest absolute Gasteiger partial charge is 0.287 e. The lowest BCUT2D eigenvalue weighted by molar-refractivity contribution is 0.0925. The molecule has 1 N–H and O–H groups in total. The largest absolute Gasteiger partial charge is 0.768 e. The molecule has 0 saturated heterocycles. The number of hydrogen-bond acceptors (Lipinski definition) is 5. The first-order valence-corrected chi connectivity index (χ1v) is 8.51. The molecular weight excluding hydrogens is 328 g/mol. The van der Waals surface area contributed by atoms with Gasteiger partial charge in [-0.15, -0.1) is 0 Å². The van der Waals surface area contributed by atoms with Gasteiger partial charge in [-0.3, -0.25) is 14.0 Å². The lowest BCUT2D eigenvalue weighted by Crippen LogP contribution is -2.22. The van der Waals surface area contributed by atoms with E-state index in [0.29, 0.717) is 5.58 Å².